The van der Waals surface area contributed by atoms with Crippen LogP contribution in [-0.4, -0.2) is 29.6 Å². The lowest BCUT2D eigenvalue weighted by Crippen LogP contribution is -2.60. The fourth-order valence-electron chi connectivity index (χ4n) is 7.60. The van der Waals surface area contributed by atoms with Crippen LogP contribution in [0.1, 0.15) is 65.2 Å². The van der Waals surface area contributed by atoms with Crippen LogP contribution in [0.4, 0.5) is 0 Å². The fourth-order valence-corrected chi connectivity index (χ4v) is 7.60. The van der Waals surface area contributed by atoms with Crippen LogP contribution in [0.5, 0.6) is 0 Å². The minimum atomic E-state index is -0.989. The van der Waals surface area contributed by atoms with Crippen LogP contribution in [0.3, 0.4) is 0 Å². The summed E-state index contributed by atoms with van der Waals surface area (Å²) in [5.74, 6) is 0.469. The molecule has 4 fully saturated rings. The normalized spacial score (nSPS) is 51.7. The molecule has 4 saturated carbocycles. The van der Waals surface area contributed by atoms with Crippen LogP contribution >= 0.6 is 0 Å². The Labute approximate surface area is 150 Å². The first kappa shape index (κ1) is 17.3. The molecule has 0 aliphatic heterocycles. The minimum absolute atomic E-state index is 0.0545. The van der Waals surface area contributed by atoms with Gasteiger partial charge in [0.05, 0.1) is 18.1 Å². The highest BCUT2D eigenvalue weighted by Gasteiger charge is 2.71. The number of carbonyl (C=O) groups excluding carboxylic acids is 2. The van der Waals surface area contributed by atoms with E-state index < -0.39 is 16.4 Å². The number of ketones is 1. The number of carbonyl (C=O) groups is 2. The SMILES string of the molecule is C=C1C(=O)[C@@]23CC[C@@H]4[C@](C)(CCC[C@@]4(C)C(=O)OC)[C@@H]2CC[C@]1(O)C3. The van der Waals surface area contributed by atoms with Crippen molar-refractivity contribution in [3.63, 3.8) is 0 Å². The van der Waals surface area contributed by atoms with Gasteiger partial charge in [0.25, 0.3) is 0 Å². The highest BCUT2D eigenvalue weighted by atomic mass is 16.5. The molecule has 4 nitrogen and oxygen atoms in total. The Morgan fingerprint density at radius 3 is 2.52 bits per heavy atom. The van der Waals surface area contributed by atoms with Crippen molar-refractivity contribution in [3.05, 3.63) is 12.2 Å². The summed E-state index contributed by atoms with van der Waals surface area (Å²) in [5.41, 5.74) is -1.53. The molecule has 0 aromatic heterocycles. The number of hydrogen-bond donors (Lipinski definition) is 1. The lowest BCUT2D eigenvalue weighted by atomic mass is 9.40. The number of esters is 1. The number of rotatable bonds is 1. The average molecular weight is 346 g/mol. The van der Waals surface area contributed by atoms with Gasteiger partial charge in [-0.1, -0.05) is 19.9 Å². The highest BCUT2D eigenvalue weighted by Crippen LogP contribution is 2.71. The Hall–Kier alpha value is -1.16. The van der Waals surface area contributed by atoms with Gasteiger partial charge in [0, 0.05) is 11.0 Å². The molecule has 0 unspecified atom stereocenters. The van der Waals surface area contributed by atoms with E-state index in [1.807, 2.05) is 0 Å². The van der Waals surface area contributed by atoms with Crippen molar-refractivity contribution < 1.29 is 19.4 Å². The van der Waals surface area contributed by atoms with Gasteiger partial charge in [-0.2, -0.15) is 0 Å². The third kappa shape index (κ3) is 1.87. The van der Waals surface area contributed by atoms with Gasteiger partial charge in [-0.15, -0.1) is 0 Å². The topological polar surface area (TPSA) is 63.6 Å². The van der Waals surface area contributed by atoms with E-state index in [9.17, 15) is 14.7 Å². The summed E-state index contributed by atoms with van der Waals surface area (Å²) in [7, 11) is 1.48. The summed E-state index contributed by atoms with van der Waals surface area (Å²) in [4.78, 5) is 25.8. The molecule has 4 rings (SSSR count). The van der Waals surface area contributed by atoms with E-state index in [0.29, 0.717) is 18.4 Å². The molecule has 0 aromatic rings. The van der Waals surface area contributed by atoms with Crippen molar-refractivity contribution in [2.75, 3.05) is 7.11 Å². The molecule has 0 amide bonds. The summed E-state index contributed by atoms with van der Waals surface area (Å²) >= 11 is 0. The quantitative estimate of drug-likeness (QED) is 0.584. The van der Waals surface area contributed by atoms with Crippen molar-refractivity contribution in [1.82, 2.24) is 0 Å². The number of hydrogen-bond acceptors (Lipinski definition) is 4. The lowest BCUT2D eigenvalue weighted by Gasteiger charge is -2.63. The summed E-state index contributed by atoms with van der Waals surface area (Å²) in [6.45, 7) is 8.32. The van der Waals surface area contributed by atoms with E-state index in [1.54, 1.807) is 0 Å². The van der Waals surface area contributed by atoms with Gasteiger partial charge in [0.2, 0.25) is 0 Å². The third-order valence-electron chi connectivity index (χ3n) is 8.71. The molecule has 4 aliphatic rings. The van der Waals surface area contributed by atoms with Gasteiger partial charge in [0.15, 0.2) is 5.78 Å². The molecule has 4 aliphatic carbocycles. The average Bonchev–Trinajstić information content (AvgIpc) is 2.71. The molecule has 0 aromatic carbocycles. The van der Waals surface area contributed by atoms with Gasteiger partial charge < -0.3 is 9.84 Å². The van der Waals surface area contributed by atoms with E-state index in [0.717, 1.165) is 38.5 Å². The second kappa shape index (κ2) is 4.97. The first-order valence-corrected chi connectivity index (χ1v) is 9.69. The van der Waals surface area contributed by atoms with Crippen LogP contribution < -0.4 is 0 Å². The molecule has 0 saturated heterocycles. The lowest BCUT2D eigenvalue weighted by molar-refractivity contribution is -0.189. The molecular weight excluding hydrogens is 316 g/mol. The van der Waals surface area contributed by atoms with Crippen LogP contribution in [0, 0.1) is 28.1 Å². The number of fused-ring (bicyclic) bond motifs is 3. The molecule has 0 heterocycles. The highest BCUT2D eigenvalue weighted by molar-refractivity contribution is 6.04. The van der Waals surface area contributed by atoms with Crippen molar-refractivity contribution >= 4 is 11.8 Å². The smallest absolute Gasteiger partial charge is 0.311 e. The van der Waals surface area contributed by atoms with Crippen LogP contribution in [-0.2, 0) is 14.3 Å². The third-order valence-corrected chi connectivity index (χ3v) is 8.71. The molecule has 6 atom stereocenters. The molecule has 0 radical (unpaired) electrons. The summed E-state index contributed by atoms with van der Waals surface area (Å²) in [5, 5.41) is 10.9. The van der Waals surface area contributed by atoms with Gasteiger partial charge in [-0.25, -0.2) is 0 Å². The number of Topliss-reactive ketones (excluding diaryl/α,β-unsaturated/α-hetero) is 1. The zero-order valence-electron chi connectivity index (χ0n) is 15.7. The molecule has 138 valence electrons. The monoisotopic (exact) mass is 346 g/mol. The predicted molar refractivity (Wildman–Crippen MR) is 93.7 cm³/mol. The second-order valence-electron chi connectivity index (χ2n) is 9.62. The van der Waals surface area contributed by atoms with Crippen molar-refractivity contribution in [3.8, 4) is 0 Å². The van der Waals surface area contributed by atoms with Crippen molar-refractivity contribution in [1.29, 1.82) is 0 Å². The van der Waals surface area contributed by atoms with Crippen LogP contribution in [0.15, 0.2) is 12.2 Å². The first-order valence-electron chi connectivity index (χ1n) is 9.69. The summed E-state index contributed by atoms with van der Waals surface area (Å²) in [6.07, 6.45) is 6.55. The van der Waals surface area contributed by atoms with Gasteiger partial charge in [-0.3, -0.25) is 9.59 Å². The van der Waals surface area contributed by atoms with Gasteiger partial charge in [0.1, 0.15) is 0 Å². The van der Waals surface area contributed by atoms with Crippen LogP contribution in [0.25, 0.3) is 0 Å². The largest absolute Gasteiger partial charge is 0.469 e. The van der Waals surface area contributed by atoms with Gasteiger partial charge >= 0.3 is 5.97 Å². The van der Waals surface area contributed by atoms with Crippen molar-refractivity contribution in [2.24, 2.45) is 28.1 Å². The maximum atomic E-state index is 13.2. The van der Waals surface area contributed by atoms with E-state index >= 15 is 0 Å². The summed E-state index contributed by atoms with van der Waals surface area (Å²) in [6, 6.07) is 0. The van der Waals surface area contributed by atoms with E-state index in [-0.39, 0.29) is 29.0 Å². The second-order valence-corrected chi connectivity index (χ2v) is 9.62. The number of ether oxygens (including phenoxy) is 1. The number of aliphatic hydroxyl groups is 1. The van der Waals surface area contributed by atoms with E-state index in [2.05, 4.69) is 20.4 Å². The van der Waals surface area contributed by atoms with E-state index in [1.165, 1.54) is 7.11 Å². The maximum absolute atomic E-state index is 13.2. The number of methoxy groups -OCH3 is 1. The minimum Gasteiger partial charge on any atom is -0.469 e. The zero-order chi connectivity index (χ0) is 18.3. The Morgan fingerprint density at radius 1 is 1.16 bits per heavy atom. The van der Waals surface area contributed by atoms with Crippen molar-refractivity contribution in [2.45, 2.75) is 70.8 Å². The van der Waals surface area contributed by atoms with Gasteiger partial charge in [-0.05, 0) is 69.1 Å². The molecule has 2 bridgehead atoms. The Bertz CT molecular complexity index is 669. The summed E-state index contributed by atoms with van der Waals surface area (Å²) < 4.78 is 5.18. The Morgan fingerprint density at radius 2 is 1.84 bits per heavy atom. The first-order chi connectivity index (χ1) is 11.6. The Balaban J connectivity index is 1.78. The molecule has 4 heteroatoms. The zero-order valence-corrected chi connectivity index (χ0v) is 15.7. The molecule has 1 N–H and O–H groups in total. The molecular formula is C21H30O4. The predicted octanol–water partition coefficient (Wildman–Crippen LogP) is 3.42. The molecule has 25 heavy (non-hydrogen) atoms. The van der Waals surface area contributed by atoms with E-state index in [4.69, 9.17) is 4.74 Å². The molecule has 1 spiro atoms. The standard InChI is InChI=1S/C21H30O4/c1-13-16(22)20-10-6-14-18(2,15(20)7-11-21(13,24)12-20)8-5-9-19(14,3)17(23)25-4/h14-15,24H,1,5-12H2,2-4H3/t14-,15+,18+,19-,20-,21+/m1/s1. The fraction of sp³-hybridized carbons (Fsp3) is 0.810. The maximum Gasteiger partial charge on any atom is 0.311 e. The Kier molecular flexibility index (Phi) is 3.43. The van der Waals surface area contributed by atoms with Crippen LogP contribution in [0.2, 0.25) is 0 Å².